The lowest BCUT2D eigenvalue weighted by atomic mass is 10.4. The van der Waals surface area contributed by atoms with Crippen molar-refractivity contribution in [1.82, 2.24) is 9.84 Å². The van der Waals surface area contributed by atoms with E-state index in [1.807, 2.05) is 0 Å². The molecule has 0 atom stereocenters. The molecule has 0 aliphatic carbocycles. The molecule has 9 heavy (non-hydrogen) atoms. The highest BCUT2D eigenvalue weighted by molar-refractivity contribution is 7.70. The van der Waals surface area contributed by atoms with Gasteiger partial charge in [-0.15, -0.1) is 0 Å². The van der Waals surface area contributed by atoms with Crippen LogP contribution >= 0.6 is 0 Å². The summed E-state index contributed by atoms with van der Waals surface area (Å²) in [7, 11) is -2.44. The lowest BCUT2D eigenvalue weighted by Crippen LogP contribution is -2.33. The Morgan fingerprint density at radius 2 is 1.78 bits per heavy atom. The largest absolute Gasteiger partial charge is 0.231 e. The van der Waals surface area contributed by atoms with Gasteiger partial charge >= 0.3 is 0 Å². The Morgan fingerprint density at radius 3 is 2.22 bits per heavy atom. The van der Waals surface area contributed by atoms with Crippen molar-refractivity contribution in [3.63, 3.8) is 0 Å². The molecule has 0 saturated carbocycles. The van der Waals surface area contributed by atoms with E-state index in [1.165, 1.54) is 0 Å². The third kappa shape index (κ3) is 2.30. The first-order chi connectivity index (χ1) is 4.29. The zero-order valence-electron chi connectivity index (χ0n) is 5.04. The van der Waals surface area contributed by atoms with E-state index in [1.54, 1.807) is 5.01 Å². The fourth-order valence-electron chi connectivity index (χ4n) is 0.933. The van der Waals surface area contributed by atoms with E-state index in [-0.39, 0.29) is 0 Å². The molecule has 54 valence electrons. The topological polar surface area (TPSA) is 49.4 Å². The van der Waals surface area contributed by atoms with E-state index in [0.29, 0.717) is 0 Å². The van der Waals surface area contributed by atoms with Crippen LogP contribution in [-0.2, 0) is 10.9 Å². The van der Waals surface area contributed by atoms with Gasteiger partial charge in [-0.1, -0.05) is 0 Å². The van der Waals surface area contributed by atoms with Crippen molar-refractivity contribution >= 4 is 10.9 Å². The third-order valence-electron chi connectivity index (χ3n) is 1.33. The van der Waals surface area contributed by atoms with Gasteiger partial charge in [0.1, 0.15) is 0 Å². The van der Waals surface area contributed by atoms with E-state index in [9.17, 15) is 8.42 Å². The van der Waals surface area contributed by atoms with E-state index >= 15 is 0 Å². The Hall–Kier alpha value is -0.130. The molecule has 1 rings (SSSR count). The van der Waals surface area contributed by atoms with Gasteiger partial charge in [0.15, 0.2) is 0 Å². The highest BCUT2D eigenvalue weighted by Crippen LogP contribution is 2.02. The summed E-state index contributed by atoms with van der Waals surface area (Å²) in [6.45, 7) is 1.70. The Balaban J connectivity index is 2.27. The summed E-state index contributed by atoms with van der Waals surface area (Å²) >= 11 is 0. The minimum absolute atomic E-state index is 0.851. The number of hydrazine groups is 1. The summed E-state index contributed by atoms with van der Waals surface area (Å²) in [5.74, 6) is 0. The fourth-order valence-corrected chi connectivity index (χ4v) is 1.36. The molecule has 0 spiro atoms. The molecule has 0 unspecified atom stereocenters. The molecule has 1 fully saturated rings. The second-order valence-electron chi connectivity index (χ2n) is 2.05. The van der Waals surface area contributed by atoms with Gasteiger partial charge in [0, 0.05) is 13.1 Å². The van der Waals surface area contributed by atoms with Gasteiger partial charge in [-0.05, 0) is 12.8 Å². The van der Waals surface area contributed by atoms with Crippen LogP contribution in [0.4, 0.5) is 0 Å². The van der Waals surface area contributed by atoms with Crippen molar-refractivity contribution in [2.24, 2.45) is 0 Å². The number of nitrogens with zero attached hydrogens (tertiary/aromatic N) is 1. The molecular weight excluding hydrogens is 140 g/mol. The van der Waals surface area contributed by atoms with Gasteiger partial charge in [-0.3, -0.25) is 0 Å². The highest BCUT2D eigenvalue weighted by Gasteiger charge is 2.10. The Labute approximate surface area is 55.9 Å². The maximum Gasteiger partial charge on any atom is 0.214 e. The molecular formula is C4H10N2O2S. The molecule has 0 aromatic rings. The van der Waals surface area contributed by atoms with Gasteiger partial charge < -0.3 is 0 Å². The fraction of sp³-hybridized carbons (Fsp3) is 1.00. The minimum atomic E-state index is -2.44. The van der Waals surface area contributed by atoms with Crippen LogP contribution in [0, 0.1) is 0 Å². The van der Waals surface area contributed by atoms with Crippen molar-refractivity contribution in [2.45, 2.75) is 12.8 Å². The predicted octanol–water partition coefficient (Wildman–Crippen LogP) is -0.887. The molecule has 1 aliphatic rings. The molecule has 4 nitrogen and oxygen atoms in total. The van der Waals surface area contributed by atoms with Crippen LogP contribution in [0.15, 0.2) is 0 Å². The lowest BCUT2D eigenvalue weighted by molar-refractivity contribution is 0.304. The molecule has 1 aliphatic heterocycles. The maximum atomic E-state index is 10.0. The van der Waals surface area contributed by atoms with Crippen molar-refractivity contribution in [3.8, 4) is 0 Å². The lowest BCUT2D eigenvalue weighted by Gasteiger charge is -2.09. The van der Waals surface area contributed by atoms with Gasteiger partial charge in [0.2, 0.25) is 10.9 Å². The molecule has 1 heterocycles. The zero-order chi connectivity index (χ0) is 6.69. The smallest absolute Gasteiger partial charge is 0.214 e. The van der Waals surface area contributed by atoms with Crippen LogP contribution in [0.5, 0.6) is 0 Å². The minimum Gasteiger partial charge on any atom is -0.231 e. The Bertz CT molecular complexity index is 143. The molecule has 0 bridgehead atoms. The van der Waals surface area contributed by atoms with E-state index in [0.717, 1.165) is 25.9 Å². The SMILES string of the molecule is O=[SH](=O)NN1CCCC1. The number of hydrogen-bond donors (Lipinski definition) is 2. The van der Waals surface area contributed by atoms with E-state index in [4.69, 9.17) is 0 Å². The van der Waals surface area contributed by atoms with Crippen LogP contribution in [0.25, 0.3) is 0 Å². The highest BCUT2D eigenvalue weighted by atomic mass is 32.2. The van der Waals surface area contributed by atoms with Crippen LogP contribution in [0.3, 0.4) is 0 Å². The number of hydrogen-bond acceptors (Lipinski definition) is 3. The quantitative estimate of drug-likeness (QED) is 0.502. The average Bonchev–Trinajstić information content (AvgIpc) is 2.15. The van der Waals surface area contributed by atoms with E-state index < -0.39 is 10.9 Å². The van der Waals surface area contributed by atoms with Crippen LogP contribution in [0.1, 0.15) is 12.8 Å². The summed E-state index contributed by atoms with van der Waals surface area (Å²) in [4.78, 5) is 2.33. The van der Waals surface area contributed by atoms with Crippen molar-refractivity contribution in [3.05, 3.63) is 0 Å². The molecule has 0 amide bonds. The van der Waals surface area contributed by atoms with Crippen molar-refractivity contribution in [2.75, 3.05) is 13.1 Å². The number of rotatable bonds is 2. The molecule has 0 aromatic carbocycles. The molecule has 0 radical (unpaired) electrons. The standard InChI is InChI=1S/C4H10N2O2S/c7-9(8)5-6-3-1-2-4-6/h9H,1-4H2,(H,5,7,8). The number of nitrogens with one attached hydrogen (secondary N) is 1. The summed E-state index contributed by atoms with van der Waals surface area (Å²) in [5.41, 5.74) is 0. The van der Waals surface area contributed by atoms with Crippen molar-refractivity contribution < 1.29 is 8.42 Å². The number of thiol groups is 1. The molecule has 1 N–H and O–H groups in total. The molecule has 0 aromatic heterocycles. The van der Waals surface area contributed by atoms with E-state index in [2.05, 4.69) is 4.83 Å². The van der Waals surface area contributed by atoms with Crippen LogP contribution in [-0.4, -0.2) is 26.5 Å². The summed E-state index contributed by atoms with van der Waals surface area (Å²) < 4.78 is 20.1. The summed E-state index contributed by atoms with van der Waals surface area (Å²) in [6.07, 6.45) is 2.19. The second-order valence-corrected chi connectivity index (χ2v) is 2.77. The normalized spacial score (nSPS) is 21.4. The molecule has 1 saturated heterocycles. The van der Waals surface area contributed by atoms with Gasteiger partial charge in [0.25, 0.3) is 0 Å². The zero-order valence-corrected chi connectivity index (χ0v) is 5.93. The molecule has 5 heteroatoms. The van der Waals surface area contributed by atoms with Crippen LogP contribution in [0.2, 0.25) is 0 Å². The van der Waals surface area contributed by atoms with Crippen molar-refractivity contribution in [1.29, 1.82) is 0 Å². The summed E-state index contributed by atoms with van der Waals surface area (Å²) in [6, 6.07) is 0. The third-order valence-corrected chi connectivity index (χ3v) is 1.78. The Kier molecular flexibility index (Phi) is 2.44. The second kappa shape index (κ2) is 3.14. The van der Waals surface area contributed by atoms with Gasteiger partial charge in [-0.2, -0.15) is 4.83 Å². The maximum absolute atomic E-state index is 10.0. The Morgan fingerprint density at radius 1 is 1.22 bits per heavy atom. The average molecular weight is 150 g/mol. The van der Waals surface area contributed by atoms with Gasteiger partial charge in [0.05, 0.1) is 0 Å². The first-order valence-corrected chi connectivity index (χ1v) is 4.12. The summed E-state index contributed by atoms with van der Waals surface area (Å²) in [5, 5.41) is 1.71. The van der Waals surface area contributed by atoms with Crippen LogP contribution < -0.4 is 4.83 Å². The monoisotopic (exact) mass is 150 g/mol. The first-order valence-electron chi connectivity index (χ1n) is 2.94. The predicted molar refractivity (Wildman–Crippen MR) is 34.3 cm³/mol. The van der Waals surface area contributed by atoms with Gasteiger partial charge in [-0.25, -0.2) is 13.4 Å². The first kappa shape index (κ1) is 6.98.